The van der Waals surface area contributed by atoms with Crippen LogP contribution in [0, 0.1) is 0 Å². The molecule has 2 aliphatic heterocycles. The number of aliphatic hydroxyl groups is 1. The number of aliphatic hydroxyl groups excluding tert-OH is 1. The van der Waals surface area contributed by atoms with Gasteiger partial charge in [0, 0.05) is 12.1 Å². The molecular weight excluding hydrogens is 504 g/mol. The SMILES string of the molecule is O=CC1CCc2ccc(OCc3ccccc3)cc2O1.OCC1CCc2ccc(OCc3ccccc3)cc2O1. The van der Waals surface area contributed by atoms with Crippen molar-refractivity contribution in [3.8, 4) is 23.0 Å². The summed E-state index contributed by atoms with van der Waals surface area (Å²) in [6, 6.07) is 31.8. The van der Waals surface area contributed by atoms with Crippen LogP contribution in [0.15, 0.2) is 97.1 Å². The van der Waals surface area contributed by atoms with Crippen molar-refractivity contribution in [3.05, 3.63) is 119 Å². The number of hydrogen-bond acceptors (Lipinski definition) is 6. The highest BCUT2D eigenvalue weighted by molar-refractivity contribution is 5.58. The Hall–Kier alpha value is -4.29. The summed E-state index contributed by atoms with van der Waals surface area (Å²) in [5, 5.41) is 9.18. The van der Waals surface area contributed by atoms with Crippen molar-refractivity contribution in [3.63, 3.8) is 0 Å². The first kappa shape index (κ1) is 27.3. The predicted octanol–water partition coefficient (Wildman–Crippen LogP) is 6.11. The van der Waals surface area contributed by atoms with Crippen molar-refractivity contribution in [1.29, 1.82) is 0 Å². The maximum Gasteiger partial charge on any atom is 0.160 e. The van der Waals surface area contributed by atoms with Crippen LogP contribution in [0.3, 0.4) is 0 Å². The molecule has 1 N–H and O–H groups in total. The zero-order valence-electron chi connectivity index (χ0n) is 22.4. The van der Waals surface area contributed by atoms with Gasteiger partial charge in [-0.1, -0.05) is 72.8 Å². The lowest BCUT2D eigenvalue weighted by molar-refractivity contribution is -0.114. The first-order valence-corrected chi connectivity index (χ1v) is 13.7. The minimum Gasteiger partial charge on any atom is -0.489 e. The average Bonchev–Trinajstić information content (AvgIpc) is 3.03. The molecule has 40 heavy (non-hydrogen) atoms. The number of aldehydes is 1. The van der Waals surface area contributed by atoms with Crippen LogP contribution in [-0.2, 0) is 30.8 Å². The molecule has 0 spiro atoms. The molecule has 0 fully saturated rings. The summed E-state index contributed by atoms with van der Waals surface area (Å²) < 4.78 is 22.9. The van der Waals surface area contributed by atoms with E-state index < -0.39 is 0 Å². The molecule has 6 heteroatoms. The van der Waals surface area contributed by atoms with Crippen LogP contribution in [-0.4, -0.2) is 30.2 Å². The Morgan fingerprint density at radius 3 is 1.75 bits per heavy atom. The number of aryl methyl sites for hydroxylation is 2. The van der Waals surface area contributed by atoms with Crippen molar-refractivity contribution in [2.24, 2.45) is 0 Å². The van der Waals surface area contributed by atoms with Gasteiger partial charge in [-0.05, 0) is 60.1 Å². The van der Waals surface area contributed by atoms with Crippen LogP contribution < -0.4 is 18.9 Å². The lowest BCUT2D eigenvalue weighted by Gasteiger charge is -2.25. The van der Waals surface area contributed by atoms with E-state index in [1.54, 1.807) is 0 Å². The lowest BCUT2D eigenvalue weighted by atomic mass is 10.0. The molecule has 4 aromatic rings. The molecule has 0 saturated carbocycles. The van der Waals surface area contributed by atoms with Gasteiger partial charge in [0.25, 0.3) is 0 Å². The summed E-state index contributed by atoms with van der Waals surface area (Å²) >= 11 is 0. The van der Waals surface area contributed by atoms with E-state index >= 15 is 0 Å². The zero-order valence-corrected chi connectivity index (χ0v) is 22.4. The van der Waals surface area contributed by atoms with Crippen LogP contribution in [0.1, 0.15) is 35.1 Å². The molecule has 6 nitrogen and oxygen atoms in total. The summed E-state index contributed by atoms with van der Waals surface area (Å²) in [7, 11) is 0. The highest BCUT2D eigenvalue weighted by atomic mass is 16.5. The smallest absolute Gasteiger partial charge is 0.160 e. The van der Waals surface area contributed by atoms with Gasteiger partial charge in [0.15, 0.2) is 12.4 Å². The zero-order chi connectivity index (χ0) is 27.6. The van der Waals surface area contributed by atoms with E-state index in [1.807, 2.05) is 97.1 Å². The van der Waals surface area contributed by atoms with Gasteiger partial charge in [0.2, 0.25) is 0 Å². The highest BCUT2D eigenvalue weighted by Gasteiger charge is 2.20. The summed E-state index contributed by atoms with van der Waals surface area (Å²) in [4.78, 5) is 10.8. The Morgan fingerprint density at radius 1 is 0.700 bits per heavy atom. The number of benzene rings is 4. The molecule has 0 saturated heterocycles. The summed E-state index contributed by atoms with van der Waals surface area (Å²) in [6.45, 7) is 1.13. The van der Waals surface area contributed by atoms with Gasteiger partial charge in [0.05, 0.1) is 6.61 Å². The van der Waals surface area contributed by atoms with E-state index in [2.05, 4.69) is 0 Å². The Morgan fingerprint density at radius 2 is 1.23 bits per heavy atom. The van der Waals surface area contributed by atoms with Crippen molar-refractivity contribution < 1.29 is 28.8 Å². The number of fused-ring (bicyclic) bond motifs is 2. The molecule has 206 valence electrons. The van der Waals surface area contributed by atoms with E-state index in [1.165, 1.54) is 5.56 Å². The summed E-state index contributed by atoms with van der Waals surface area (Å²) in [5.74, 6) is 3.16. The van der Waals surface area contributed by atoms with Crippen molar-refractivity contribution in [1.82, 2.24) is 0 Å². The fourth-order valence-electron chi connectivity index (χ4n) is 4.66. The van der Waals surface area contributed by atoms with E-state index in [0.717, 1.165) is 71.7 Å². The van der Waals surface area contributed by atoms with Crippen molar-refractivity contribution >= 4 is 6.29 Å². The number of carbonyl (C=O) groups is 1. The van der Waals surface area contributed by atoms with Gasteiger partial charge in [-0.15, -0.1) is 0 Å². The normalized spacial score (nSPS) is 17.0. The Kier molecular flexibility index (Phi) is 9.33. The Labute approximate surface area is 235 Å². The van der Waals surface area contributed by atoms with E-state index in [4.69, 9.17) is 18.9 Å². The second-order valence-corrected chi connectivity index (χ2v) is 9.88. The average molecular weight is 539 g/mol. The van der Waals surface area contributed by atoms with Crippen LogP contribution >= 0.6 is 0 Å². The number of ether oxygens (including phenoxy) is 4. The molecule has 0 aliphatic carbocycles. The van der Waals surface area contributed by atoms with Crippen LogP contribution in [0.25, 0.3) is 0 Å². The molecule has 0 bridgehead atoms. The standard InChI is InChI=1S/C17H18O3.C17H16O3/c2*18-11-16-9-7-14-6-8-15(10-17(14)20-16)19-12-13-4-2-1-3-5-13/h1-6,8,10,16,18H,7,9,11-12H2;1-6,8,10-11,16H,7,9,12H2. The van der Waals surface area contributed by atoms with Gasteiger partial charge in [0.1, 0.15) is 42.3 Å². The predicted molar refractivity (Wildman–Crippen MR) is 153 cm³/mol. The third-order valence-electron chi connectivity index (χ3n) is 6.94. The van der Waals surface area contributed by atoms with E-state index in [-0.39, 0.29) is 18.8 Å². The fraction of sp³-hybridized carbons (Fsp3) is 0.265. The lowest BCUT2D eigenvalue weighted by Crippen LogP contribution is -2.26. The molecule has 0 radical (unpaired) electrons. The molecular formula is C34H34O6. The summed E-state index contributed by atoms with van der Waals surface area (Å²) in [6.07, 6.45) is 3.88. The first-order valence-electron chi connectivity index (χ1n) is 13.7. The first-order chi connectivity index (χ1) is 19.7. The van der Waals surface area contributed by atoms with Crippen LogP contribution in [0.2, 0.25) is 0 Å². The summed E-state index contributed by atoms with van der Waals surface area (Å²) in [5.41, 5.74) is 4.58. The largest absolute Gasteiger partial charge is 0.489 e. The second kappa shape index (κ2) is 13.7. The molecule has 6 rings (SSSR count). The minimum atomic E-state index is -0.327. The number of rotatable bonds is 8. The third-order valence-corrected chi connectivity index (χ3v) is 6.94. The monoisotopic (exact) mass is 538 g/mol. The van der Waals surface area contributed by atoms with Gasteiger partial charge >= 0.3 is 0 Å². The van der Waals surface area contributed by atoms with Gasteiger partial charge in [-0.3, -0.25) is 4.79 Å². The van der Waals surface area contributed by atoms with E-state index in [9.17, 15) is 9.90 Å². The maximum absolute atomic E-state index is 10.8. The molecule has 2 unspecified atom stereocenters. The Balaban J connectivity index is 0.000000161. The van der Waals surface area contributed by atoms with Crippen LogP contribution in [0.4, 0.5) is 0 Å². The highest BCUT2D eigenvalue weighted by Crippen LogP contribution is 2.32. The molecule has 2 heterocycles. The minimum absolute atomic E-state index is 0.0640. The number of carbonyl (C=O) groups excluding carboxylic acids is 1. The molecule has 4 aromatic carbocycles. The van der Waals surface area contributed by atoms with Crippen molar-refractivity contribution in [2.75, 3.05) is 6.61 Å². The quantitative estimate of drug-likeness (QED) is 0.273. The molecule has 2 aliphatic rings. The van der Waals surface area contributed by atoms with Crippen molar-refractivity contribution in [2.45, 2.75) is 51.1 Å². The molecule has 2 atom stereocenters. The number of hydrogen-bond donors (Lipinski definition) is 1. The van der Waals surface area contributed by atoms with Gasteiger partial charge in [-0.2, -0.15) is 0 Å². The fourth-order valence-corrected chi connectivity index (χ4v) is 4.66. The van der Waals surface area contributed by atoms with E-state index in [0.29, 0.717) is 13.2 Å². The molecule has 0 amide bonds. The van der Waals surface area contributed by atoms with Gasteiger partial charge in [-0.25, -0.2) is 0 Å². The third kappa shape index (κ3) is 7.42. The van der Waals surface area contributed by atoms with Crippen LogP contribution in [0.5, 0.6) is 23.0 Å². The second-order valence-electron chi connectivity index (χ2n) is 9.88. The van der Waals surface area contributed by atoms with Gasteiger partial charge < -0.3 is 24.1 Å². The topological polar surface area (TPSA) is 74.2 Å². The Bertz CT molecular complexity index is 1370. The molecule has 0 aromatic heterocycles. The maximum atomic E-state index is 10.8.